The number of hydrogen-bond acceptors (Lipinski definition) is 0. The van der Waals surface area contributed by atoms with Gasteiger partial charge in [-0.05, 0) is 18.8 Å². The highest BCUT2D eigenvalue weighted by Crippen LogP contribution is 2.32. The molecule has 1 aliphatic rings. The third kappa shape index (κ3) is 1.47. The molecule has 1 rings (SSSR count). The summed E-state index contributed by atoms with van der Waals surface area (Å²) in [5.41, 5.74) is 0. The van der Waals surface area contributed by atoms with Crippen molar-refractivity contribution in [2.75, 3.05) is 0 Å². The minimum Gasteiger partial charge on any atom is -0.247 e. The Hall–Kier alpha value is -0.140. The molecule has 10 heavy (non-hydrogen) atoms. The van der Waals surface area contributed by atoms with E-state index in [1.54, 1.807) is 6.92 Å². The lowest BCUT2D eigenvalue weighted by molar-refractivity contribution is 0.0603. The summed E-state index contributed by atoms with van der Waals surface area (Å²) in [6, 6.07) is 0. The van der Waals surface area contributed by atoms with Gasteiger partial charge in [0.2, 0.25) is 0 Å². The molecule has 1 saturated carbocycles. The van der Waals surface area contributed by atoms with Gasteiger partial charge < -0.3 is 0 Å². The lowest BCUT2D eigenvalue weighted by Gasteiger charge is -2.30. The number of rotatable bonds is 0. The molecule has 0 aromatic carbocycles. The van der Waals surface area contributed by atoms with E-state index in [0.29, 0.717) is 12.8 Å². The molecule has 0 spiro atoms. The van der Waals surface area contributed by atoms with E-state index in [1.165, 1.54) is 0 Å². The average Bonchev–Trinajstić information content (AvgIpc) is 1.82. The first kappa shape index (κ1) is 7.96. The smallest absolute Gasteiger partial charge is 0.106 e. The minimum atomic E-state index is -0.918. The molecule has 4 atom stereocenters. The standard InChI is InChI=1S/C8H14F2/c1-5-3-7(9)6(2)8(10)4-5/h5-8H,3-4H2,1-2H3/t5?,6?,7-,8?/m1/s1. The van der Waals surface area contributed by atoms with Gasteiger partial charge in [-0.15, -0.1) is 0 Å². The summed E-state index contributed by atoms with van der Waals surface area (Å²) in [4.78, 5) is 0. The Bertz CT molecular complexity index is 102. The van der Waals surface area contributed by atoms with Crippen LogP contribution in [0.1, 0.15) is 26.7 Å². The molecule has 0 bridgehead atoms. The normalized spacial score (nSPS) is 49.2. The van der Waals surface area contributed by atoms with Gasteiger partial charge in [-0.1, -0.05) is 13.8 Å². The molecular formula is C8H14F2. The van der Waals surface area contributed by atoms with Crippen LogP contribution in [-0.2, 0) is 0 Å². The topological polar surface area (TPSA) is 0 Å². The van der Waals surface area contributed by atoms with E-state index in [2.05, 4.69) is 0 Å². The van der Waals surface area contributed by atoms with Gasteiger partial charge in [-0.3, -0.25) is 0 Å². The minimum absolute atomic E-state index is 0.223. The molecule has 2 heteroatoms. The van der Waals surface area contributed by atoms with Crippen molar-refractivity contribution >= 4 is 0 Å². The van der Waals surface area contributed by atoms with Crippen molar-refractivity contribution in [3.63, 3.8) is 0 Å². The van der Waals surface area contributed by atoms with E-state index in [1.807, 2.05) is 6.92 Å². The fourth-order valence-corrected chi connectivity index (χ4v) is 1.52. The van der Waals surface area contributed by atoms with Crippen LogP contribution in [0, 0.1) is 11.8 Å². The Morgan fingerprint density at radius 1 is 1.00 bits per heavy atom. The molecular weight excluding hydrogens is 134 g/mol. The average molecular weight is 148 g/mol. The third-order valence-electron chi connectivity index (χ3n) is 2.40. The monoisotopic (exact) mass is 148 g/mol. The molecule has 0 nitrogen and oxygen atoms in total. The van der Waals surface area contributed by atoms with Crippen molar-refractivity contribution in [2.24, 2.45) is 11.8 Å². The Balaban J connectivity index is 2.49. The van der Waals surface area contributed by atoms with Crippen molar-refractivity contribution in [3.8, 4) is 0 Å². The van der Waals surface area contributed by atoms with Gasteiger partial charge in [-0.25, -0.2) is 8.78 Å². The first-order valence-corrected chi connectivity index (χ1v) is 3.89. The summed E-state index contributed by atoms with van der Waals surface area (Å²) in [7, 11) is 0. The van der Waals surface area contributed by atoms with Crippen LogP contribution in [0.25, 0.3) is 0 Å². The van der Waals surface area contributed by atoms with E-state index >= 15 is 0 Å². The molecule has 0 heterocycles. The van der Waals surface area contributed by atoms with Gasteiger partial charge in [0.1, 0.15) is 12.3 Å². The molecule has 60 valence electrons. The van der Waals surface area contributed by atoms with E-state index < -0.39 is 12.3 Å². The zero-order valence-corrected chi connectivity index (χ0v) is 6.48. The molecule has 0 amide bonds. The van der Waals surface area contributed by atoms with Crippen LogP contribution in [0.2, 0.25) is 0 Å². The van der Waals surface area contributed by atoms with Gasteiger partial charge in [0, 0.05) is 5.92 Å². The maximum atomic E-state index is 12.8. The van der Waals surface area contributed by atoms with Crippen molar-refractivity contribution in [1.82, 2.24) is 0 Å². The molecule has 0 aliphatic heterocycles. The van der Waals surface area contributed by atoms with Gasteiger partial charge in [-0.2, -0.15) is 0 Å². The number of hydrogen-bond donors (Lipinski definition) is 0. The third-order valence-corrected chi connectivity index (χ3v) is 2.40. The fraction of sp³-hybridized carbons (Fsp3) is 1.00. The summed E-state index contributed by atoms with van der Waals surface area (Å²) < 4.78 is 25.7. The number of halogens is 2. The van der Waals surface area contributed by atoms with Crippen LogP contribution >= 0.6 is 0 Å². The first-order valence-electron chi connectivity index (χ1n) is 3.89. The molecule has 0 aromatic heterocycles. The maximum Gasteiger partial charge on any atom is 0.106 e. The lowest BCUT2D eigenvalue weighted by Crippen LogP contribution is -2.32. The summed E-state index contributed by atoms with van der Waals surface area (Å²) in [6.45, 7) is 3.56. The maximum absolute atomic E-state index is 12.8. The highest BCUT2D eigenvalue weighted by molar-refractivity contribution is 4.82. The second-order valence-electron chi connectivity index (χ2n) is 3.47. The van der Waals surface area contributed by atoms with Gasteiger partial charge >= 0.3 is 0 Å². The Kier molecular flexibility index (Phi) is 2.27. The molecule has 3 unspecified atom stereocenters. The summed E-state index contributed by atoms with van der Waals surface area (Å²) in [5, 5.41) is 0. The molecule has 0 saturated heterocycles. The fourth-order valence-electron chi connectivity index (χ4n) is 1.52. The van der Waals surface area contributed by atoms with Crippen LogP contribution in [0.5, 0.6) is 0 Å². The largest absolute Gasteiger partial charge is 0.247 e. The van der Waals surface area contributed by atoms with Gasteiger partial charge in [0.15, 0.2) is 0 Å². The van der Waals surface area contributed by atoms with Crippen LogP contribution in [-0.4, -0.2) is 12.3 Å². The van der Waals surface area contributed by atoms with Crippen LogP contribution in [0.3, 0.4) is 0 Å². The highest BCUT2D eigenvalue weighted by Gasteiger charge is 2.33. The van der Waals surface area contributed by atoms with E-state index in [9.17, 15) is 8.78 Å². The van der Waals surface area contributed by atoms with E-state index in [0.717, 1.165) is 0 Å². The molecule has 0 N–H and O–H groups in total. The SMILES string of the molecule is CC1CC(F)C(C)[C@H](F)C1. The van der Waals surface area contributed by atoms with Crippen molar-refractivity contribution in [1.29, 1.82) is 0 Å². The van der Waals surface area contributed by atoms with Crippen molar-refractivity contribution in [2.45, 2.75) is 39.0 Å². The first-order chi connectivity index (χ1) is 4.61. The van der Waals surface area contributed by atoms with E-state index in [-0.39, 0.29) is 11.8 Å². The quantitative estimate of drug-likeness (QED) is 0.495. The van der Waals surface area contributed by atoms with Crippen molar-refractivity contribution < 1.29 is 8.78 Å². The molecule has 1 aliphatic carbocycles. The Morgan fingerprint density at radius 3 is 1.80 bits per heavy atom. The molecule has 0 radical (unpaired) electrons. The van der Waals surface area contributed by atoms with Crippen LogP contribution in [0.4, 0.5) is 8.78 Å². The molecule has 1 fully saturated rings. The Morgan fingerprint density at radius 2 is 1.40 bits per heavy atom. The summed E-state index contributed by atoms with van der Waals surface area (Å²) in [6.07, 6.45) is -0.749. The zero-order valence-electron chi connectivity index (χ0n) is 6.48. The second kappa shape index (κ2) is 2.85. The predicted molar refractivity (Wildman–Crippen MR) is 37.4 cm³/mol. The highest BCUT2D eigenvalue weighted by atomic mass is 19.1. The van der Waals surface area contributed by atoms with Gasteiger partial charge in [0.05, 0.1) is 0 Å². The van der Waals surface area contributed by atoms with Crippen LogP contribution < -0.4 is 0 Å². The number of alkyl halides is 2. The lowest BCUT2D eigenvalue weighted by atomic mass is 9.81. The predicted octanol–water partition coefficient (Wildman–Crippen LogP) is 2.73. The van der Waals surface area contributed by atoms with Crippen molar-refractivity contribution in [3.05, 3.63) is 0 Å². The second-order valence-corrected chi connectivity index (χ2v) is 3.47. The van der Waals surface area contributed by atoms with E-state index in [4.69, 9.17) is 0 Å². The Labute approximate surface area is 60.6 Å². The summed E-state index contributed by atoms with van der Waals surface area (Å²) >= 11 is 0. The summed E-state index contributed by atoms with van der Waals surface area (Å²) in [5.74, 6) is -0.155. The molecule has 0 aromatic rings. The zero-order chi connectivity index (χ0) is 7.72. The van der Waals surface area contributed by atoms with Gasteiger partial charge in [0.25, 0.3) is 0 Å². The van der Waals surface area contributed by atoms with Crippen LogP contribution in [0.15, 0.2) is 0 Å².